The molecule has 0 aromatic heterocycles. The van der Waals surface area contributed by atoms with E-state index in [2.05, 4.69) is 11.7 Å². The number of allylic oxidation sites excluding steroid dienone is 2. The van der Waals surface area contributed by atoms with Gasteiger partial charge in [-0.25, -0.2) is 0 Å². The third-order valence-electron chi connectivity index (χ3n) is 5.13. The lowest BCUT2D eigenvalue weighted by atomic mass is 9.89. The van der Waals surface area contributed by atoms with Gasteiger partial charge in [-0.2, -0.15) is 0 Å². The second-order valence-electron chi connectivity index (χ2n) is 7.24. The minimum Gasteiger partial charge on any atom is -0.469 e. The lowest BCUT2D eigenvalue weighted by molar-refractivity contribution is -0.140. The summed E-state index contributed by atoms with van der Waals surface area (Å²) in [6.07, 6.45) is 13.1. The van der Waals surface area contributed by atoms with Crippen LogP contribution in [0.25, 0.3) is 0 Å². The van der Waals surface area contributed by atoms with Gasteiger partial charge in [0.2, 0.25) is 0 Å². The highest BCUT2D eigenvalue weighted by atomic mass is 16.5. The summed E-state index contributed by atoms with van der Waals surface area (Å²) >= 11 is 0. The van der Waals surface area contributed by atoms with Crippen LogP contribution in [-0.4, -0.2) is 46.7 Å². The quantitative estimate of drug-likeness (QED) is 0.280. The molecular formula is C21H36O5. The lowest BCUT2D eigenvalue weighted by Crippen LogP contribution is -2.20. The van der Waals surface area contributed by atoms with Crippen LogP contribution in [0, 0.1) is 11.8 Å². The molecule has 0 heterocycles. The number of methoxy groups -OCH3 is 1. The molecule has 0 saturated heterocycles. The van der Waals surface area contributed by atoms with E-state index >= 15 is 0 Å². The molecule has 0 aliphatic heterocycles. The Bertz CT molecular complexity index is 446. The molecular weight excluding hydrogens is 332 g/mol. The van der Waals surface area contributed by atoms with Crippen molar-refractivity contribution in [2.75, 3.05) is 7.11 Å². The van der Waals surface area contributed by atoms with Crippen LogP contribution in [-0.2, 0) is 9.53 Å². The van der Waals surface area contributed by atoms with Crippen molar-refractivity contribution in [3.05, 3.63) is 24.3 Å². The summed E-state index contributed by atoms with van der Waals surface area (Å²) in [4.78, 5) is 11.1. The van der Waals surface area contributed by atoms with Gasteiger partial charge in [-0.3, -0.25) is 4.79 Å². The first kappa shape index (κ1) is 22.9. The van der Waals surface area contributed by atoms with E-state index in [0.717, 1.165) is 38.5 Å². The van der Waals surface area contributed by atoms with Gasteiger partial charge in [-0.1, -0.05) is 50.5 Å². The van der Waals surface area contributed by atoms with Crippen molar-refractivity contribution in [3.63, 3.8) is 0 Å². The number of esters is 1. The minimum absolute atomic E-state index is 0.0408. The van der Waals surface area contributed by atoms with Crippen molar-refractivity contribution in [1.29, 1.82) is 0 Å². The van der Waals surface area contributed by atoms with Crippen molar-refractivity contribution < 1.29 is 24.9 Å². The molecule has 0 bridgehead atoms. The number of aliphatic hydroxyl groups is 3. The second-order valence-corrected chi connectivity index (χ2v) is 7.24. The van der Waals surface area contributed by atoms with Gasteiger partial charge < -0.3 is 20.1 Å². The van der Waals surface area contributed by atoms with E-state index in [9.17, 15) is 20.1 Å². The summed E-state index contributed by atoms with van der Waals surface area (Å²) in [5.41, 5.74) is 0. The summed E-state index contributed by atoms with van der Waals surface area (Å²) < 4.78 is 4.60. The number of aliphatic hydroxyl groups excluding tert-OH is 3. The molecule has 150 valence electrons. The van der Waals surface area contributed by atoms with Crippen LogP contribution in [0.3, 0.4) is 0 Å². The standard InChI is InChI=1S/C21H36O5/c1-3-4-7-10-16(22)13-14-18-17(19(23)15-20(18)24)11-8-5-6-9-12-21(25)26-2/h5,8,13-14,16-20,22-24H,3-4,6-7,9-12,15H2,1-2H3/b8-5+,14-13+. The Morgan fingerprint density at radius 3 is 2.65 bits per heavy atom. The number of unbranched alkanes of at least 4 members (excludes halogenated alkanes) is 3. The Morgan fingerprint density at radius 1 is 1.19 bits per heavy atom. The molecule has 1 aliphatic carbocycles. The Hall–Kier alpha value is -1.17. The largest absolute Gasteiger partial charge is 0.469 e. The molecule has 5 nitrogen and oxygen atoms in total. The Kier molecular flexibility index (Phi) is 11.5. The lowest BCUT2D eigenvalue weighted by Gasteiger charge is -2.19. The molecule has 1 aliphatic rings. The van der Waals surface area contributed by atoms with Crippen LogP contribution < -0.4 is 0 Å². The van der Waals surface area contributed by atoms with Gasteiger partial charge >= 0.3 is 5.97 Å². The number of carbonyl (C=O) groups excluding carboxylic acids is 1. The Balaban J connectivity index is 2.44. The zero-order valence-electron chi connectivity index (χ0n) is 16.2. The molecule has 0 aromatic carbocycles. The van der Waals surface area contributed by atoms with Crippen molar-refractivity contribution in [2.24, 2.45) is 11.8 Å². The van der Waals surface area contributed by atoms with E-state index in [4.69, 9.17) is 0 Å². The van der Waals surface area contributed by atoms with Crippen molar-refractivity contribution in [3.8, 4) is 0 Å². The van der Waals surface area contributed by atoms with E-state index in [0.29, 0.717) is 19.3 Å². The number of ether oxygens (including phenoxy) is 1. The molecule has 0 spiro atoms. The van der Waals surface area contributed by atoms with Gasteiger partial charge in [0.25, 0.3) is 0 Å². The summed E-state index contributed by atoms with van der Waals surface area (Å²) in [6.45, 7) is 2.13. The number of hydrogen-bond acceptors (Lipinski definition) is 5. The molecule has 5 atom stereocenters. The molecule has 1 saturated carbocycles. The highest BCUT2D eigenvalue weighted by Gasteiger charge is 2.39. The average molecular weight is 369 g/mol. The summed E-state index contributed by atoms with van der Waals surface area (Å²) in [6, 6.07) is 0. The van der Waals surface area contributed by atoms with Gasteiger partial charge in [-0.15, -0.1) is 0 Å². The van der Waals surface area contributed by atoms with Crippen LogP contribution in [0.2, 0.25) is 0 Å². The monoisotopic (exact) mass is 368 g/mol. The van der Waals surface area contributed by atoms with Crippen LogP contribution >= 0.6 is 0 Å². The van der Waals surface area contributed by atoms with Crippen LogP contribution in [0.15, 0.2) is 24.3 Å². The zero-order chi connectivity index (χ0) is 19.4. The number of carbonyl (C=O) groups is 1. The molecule has 1 rings (SSSR count). The van der Waals surface area contributed by atoms with Crippen molar-refractivity contribution in [1.82, 2.24) is 0 Å². The normalized spacial score (nSPS) is 27.4. The third-order valence-corrected chi connectivity index (χ3v) is 5.13. The first-order valence-electron chi connectivity index (χ1n) is 9.93. The Labute approximate surface area is 157 Å². The molecule has 0 aromatic rings. The summed E-state index contributed by atoms with van der Waals surface area (Å²) in [5, 5.41) is 30.5. The summed E-state index contributed by atoms with van der Waals surface area (Å²) in [7, 11) is 1.39. The molecule has 26 heavy (non-hydrogen) atoms. The zero-order valence-corrected chi connectivity index (χ0v) is 16.2. The topological polar surface area (TPSA) is 87.0 Å². The highest BCUT2D eigenvalue weighted by molar-refractivity contribution is 5.69. The van der Waals surface area contributed by atoms with Crippen LogP contribution in [0.4, 0.5) is 0 Å². The SMILES string of the molecule is CCCCCC(O)/C=C/C1C(O)CC(O)C1C/C=C/CCCC(=O)OC. The van der Waals surface area contributed by atoms with Gasteiger partial charge in [-0.05, 0) is 31.6 Å². The highest BCUT2D eigenvalue weighted by Crippen LogP contribution is 2.36. The van der Waals surface area contributed by atoms with E-state index in [1.54, 1.807) is 6.08 Å². The van der Waals surface area contributed by atoms with Gasteiger partial charge in [0.15, 0.2) is 0 Å². The van der Waals surface area contributed by atoms with E-state index in [-0.39, 0.29) is 17.8 Å². The predicted molar refractivity (Wildman–Crippen MR) is 103 cm³/mol. The van der Waals surface area contributed by atoms with E-state index < -0.39 is 18.3 Å². The third kappa shape index (κ3) is 8.47. The fourth-order valence-corrected chi connectivity index (χ4v) is 3.50. The van der Waals surface area contributed by atoms with Gasteiger partial charge in [0, 0.05) is 18.8 Å². The molecule has 0 radical (unpaired) electrons. The fourth-order valence-electron chi connectivity index (χ4n) is 3.50. The average Bonchev–Trinajstić information content (AvgIpc) is 2.89. The summed E-state index contributed by atoms with van der Waals surface area (Å²) in [5.74, 6) is -0.373. The molecule has 3 N–H and O–H groups in total. The predicted octanol–water partition coefficient (Wildman–Crippen LogP) is 3.13. The fraction of sp³-hybridized carbons (Fsp3) is 0.762. The molecule has 5 unspecified atom stereocenters. The van der Waals surface area contributed by atoms with Gasteiger partial charge in [0.05, 0.1) is 25.4 Å². The van der Waals surface area contributed by atoms with Crippen molar-refractivity contribution >= 4 is 5.97 Å². The molecule has 0 amide bonds. The maximum atomic E-state index is 11.1. The number of rotatable bonds is 12. The first-order chi connectivity index (χ1) is 12.5. The molecule has 5 heteroatoms. The smallest absolute Gasteiger partial charge is 0.305 e. The maximum absolute atomic E-state index is 11.1. The minimum atomic E-state index is -0.568. The Morgan fingerprint density at radius 2 is 1.96 bits per heavy atom. The second kappa shape index (κ2) is 13.1. The molecule has 1 fully saturated rings. The van der Waals surface area contributed by atoms with Crippen LogP contribution in [0.5, 0.6) is 0 Å². The van der Waals surface area contributed by atoms with Gasteiger partial charge in [0.1, 0.15) is 0 Å². The first-order valence-corrected chi connectivity index (χ1v) is 9.93. The van der Waals surface area contributed by atoms with E-state index in [1.807, 2.05) is 18.2 Å². The van der Waals surface area contributed by atoms with Crippen LogP contribution in [0.1, 0.15) is 64.7 Å². The number of hydrogen-bond donors (Lipinski definition) is 3. The van der Waals surface area contributed by atoms with E-state index in [1.165, 1.54) is 7.11 Å². The maximum Gasteiger partial charge on any atom is 0.305 e. The van der Waals surface area contributed by atoms with Crippen molar-refractivity contribution in [2.45, 2.75) is 83.0 Å².